The molecule has 0 fully saturated rings. The third kappa shape index (κ3) is 4.64. The van der Waals surface area contributed by atoms with E-state index in [1.165, 1.54) is 7.11 Å². The van der Waals surface area contributed by atoms with E-state index in [0.717, 1.165) is 0 Å². The average Bonchev–Trinajstić information content (AvgIpc) is 2.98. The van der Waals surface area contributed by atoms with Gasteiger partial charge in [-0.1, -0.05) is 28.1 Å². The fraction of sp³-hybridized carbons (Fsp3) is 0.316. The maximum absolute atomic E-state index is 13.1. The van der Waals surface area contributed by atoms with Gasteiger partial charge >= 0.3 is 11.9 Å². The Bertz CT molecular complexity index is 873. The minimum Gasteiger partial charge on any atom is -0.469 e. The van der Waals surface area contributed by atoms with E-state index in [1.807, 2.05) is 0 Å². The van der Waals surface area contributed by atoms with Crippen molar-refractivity contribution in [2.24, 2.45) is 0 Å². The number of carbonyl (C=O) groups excluding carboxylic acids is 3. The van der Waals surface area contributed by atoms with E-state index < -0.39 is 18.0 Å². The summed E-state index contributed by atoms with van der Waals surface area (Å²) < 4.78 is 10.3. The first-order chi connectivity index (χ1) is 12.8. The summed E-state index contributed by atoms with van der Waals surface area (Å²) in [6, 6.07) is 6.74. The lowest BCUT2D eigenvalue weighted by molar-refractivity contribution is -0.142. The molecule has 7 nitrogen and oxygen atoms in total. The number of hydrogen-bond donors (Lipinski definition) is 2. The van der Waals surface area contributed by atoms with Gasteiger partial charge in [-0.3, -0.25) is 9.59 Å². The molecule has 0 amide bonds. The first-order valence-corrected chi connectivity index (χ1v) is 9.04. The van der Waals surface area contributed by atoms with Crippen LogP contribution in [0.15, 0.2) is 28.7 Å². The van der Waals surface area contributed by atoms with Crippen molar-refractivity contribution >= 4 is 33.7 Å². The molecular formula is C19H20BrNO6. The molecule has 2 rings (SSSR count). The second-order valence-electron chi connectivity index (χ2n) is 5.77. The Balaban J connectivity index is 2.56. The fourth-order valence-corrected chi connectivity index (χ4v) is 3.08. The van der Waals surface area contributed by atoms with E-state index in [4.69, 9.17) is 4.74 Å². The number of ketones is 1. The summed E-state index contributed by atoms with van der Waals surface area (Å²) in [5.41, 5.74) is 0.985. The van der Waals surface area contributed by atoms with Gasteiger partial charge in [0.1, 0.15) is 11.8 Å². The van der Waals surface area contributed by atoms with Gasteiger partial charge in [0.15, 0.2) is 5.78 Å². The second-order valence-corrected chi connectivity index (χ2v) is 6.69. The lowest BCUT2D eigenvalue weighted by Crippen LogP contribution is -2.13. The van der Waals surface area contributed by atoms with Crippen LogP contribution in [-0.2, 0) is 14.3 Å². The summed E-state index contributed by atoms with van der Waals surface area (Å²) in [5.74, 6) is -1.68. The molecule has 8 heteroatoms. The molecule has 1 unspecified atom stereocenters. The Morgan fingerprint density at radius 2 is 2.00 bits per heavy atom. The highest BCUT2D eigenvalue weighted by Gasteiger charge is 2.29. The number of carbonyl (C=O) groups is 3. The molecule has 1 aromatic carbocycles. The lowest BCUT2D eigenvalue weighted by Gasteiger charge is -2.11. The van der Waals surface area contributed by atoms with Crippen LogP contribution in [0, 0.1) is 6.92 Å². The predicted octanol–water partition coefficient (Wildman–Crippen LogP) is 3.09. The normalized spacial score (nSPS) is 11.7. The molecule has 1 heterocycles. The summed E-state index contributed by atoms with van der Waals surface area (Å²) in [6.45, 7) is 3.41. The molecule has 0 aliphatic rings. The Hall–Kier alpha value is -2.45. The van der Waals surface area contributed by atoms with Crippen LogP contribution < -0.4 is 0 Å². The SMILES string of the molecule is CCOC(=O)c1[nH]c(C(O)CC(=O)OC)c(C(=O)c2cccc(Br)c2)c1C. The molecule has 2 aromatic rings. The summed E-state index contributed by atoms with van der Waals surface area (Å²) in [5, 5.41) is 10.5. The molecule has 0 radical (unpaired) electrons. The molecule has 1 atom stereocenters. The van der Waals surface area contributed by atoms with Gasteiger partial charge in [-0.2, -0.15) is 0 Å². The monoisotopic (exact) mass is 437 g/mol. The number of aromatic nitrogens is 1. The highest BCUT2D eigenvalue weighted by molar-refractivity contribution is 9.10. The first kappa shape index (κ1) is 20.9. The van der Waals surface area contributed by atoms with Gasteiger partial charge in [0.2, 0.25) is 0 Å². The molecular weight excluding hydrogens is 418 g/mol. The topological polar surface area (TPSA) is 106 Å². The van der Waals surface area contributed by atoms with E-state index in [-0.39, 0.29) is 35.8 Å². The van der Waals surface area contributed by atoms with E-state index in [0.29, 0.717) is 15.6 Å². The number of benzene rings is 1. The maximum atomic E-state index is 13.1. The summed E-state index contributed by atoms with van der Waals surface area (Å²) in [7, 11) is 1.20. The smallest absolute Gasteiger partial charge is 0.355 e. The number of aromatic amines is 1. The molecule has 144 valence electrons. The van der Waals surface area contributed by atoms with Crippen LogP contribution >= 0.6 is 15.9 Å². The van der Waals surface area contributed by atoms with Crippen molar-refractivity contribution in [2.75, 3.05) is 13.7 Å². The van der Waals surface area contributed by atoms with Crippen molar-refractivity contribution in [3.8, 4) is 0 Å². The van der Waals surface area contributed by atoms with Crippen LogP contribution in [0.4, 0.5) is 0 Å². The zero-order valence-corrected chi connectivity index (χ0v) is 16.8. The highest BCUT2D eigenvalue weighted by Crippen LogP contribution is 2.29. The number of methoxy groups -OCH3 is 1. The van der Waals surface area contributed by atoms with Gasteiger partial charge in [-0.05, 0) is 31.5 Å². The number of ether oxygens (including phenoxy) is 2. The largest absolute Gasteiger partial charge is 0.469 e. The average molecular weight is 438 g/mol. The quantitative estimate of drug-likeness (QED) is 0.509. The molecule has 0 aliphatic carbocycles. The van der Waals surface area contributed by atoms with Crippen molar-refractivity contribution in [3.63, 3.8) is 0 Å². The van der Waals surface area contributed by atoms with Crippen molar-refractivity contribution in [1.82, 2.24) is 4.98 Å². The Morgan fingerprint density at radius 1 is 1.30 bits per heavy atom. The molecule has 0 bridgehead atoms. The Labute approximate surface area is 164 Å². The van der Waals surface area contributed by atoms with Gasteiger partial charge < -0.3 is 19.6 Å². The van der Waals surface area contributed by atoms with Crippen LogP contribution in [0.3, 0.4) is 0 Å². The third-order valence-corrected chi connectivity index (χ3v) is 4.49. The number of halogens is 1. The van der Waals surface area contributed by atoms with Crippen LogP contribution in [0.1, 0.15) is 57.1 Å². The predicted molar refractivity (Wildman–Crippen MR) is 101 cm³/mol. The zero-order chi connectivity index (χ0) is 20.1. The molecule has 0 saturated carbocycles. The van der Waals surface area contributed by atoms with Gasteiger partial charge in [0, 0.05) is 15.6 Å². The zero-order valence-electron chi connectivity index (χ0n) is 15.2. The van der Waals surface area contributed by atoms with Crippen LogP contribution in [0.5, 0.6) is 0 Å². The van der Waals surface area contributed by atoms with E-state index in [2.05, 4.69) is 25.7 Å². The van der Waals surface area contributed by atoms with Crippen LogP contribution in [-0.4, -0.2) is 41.5 Å². The number of nitrogens with one attached hydrogen (secondary N) is 1. The minimum atomic E-state index is -1.34. The van der Waals surface area contributed by atoms with Gasteiger partial charge in [0.25, 0.3) is 0 Å². The molecule has 0 aliphatic heterocycles. The maximum Gasteiger partial charge on any atom is 0.355 e. The molecule has 0 saturated heterocycles. The molecule has 2 N–H and O–H groups in total. The van der Waals surface area contributed by atoms with Gasteiger partial charge in [-0.25, -0.2) is 4.79 Å². The molecule has 0 spiro atoms. The number of esters is 2. The van der Waals surface area contributed by atoms with Crippen molar-refractivity contribution in [3.05, 3.63) is 56.8 Å². The van der Waals surface area contributed by atoms with E-state index >= 15 is 0 Å². The van der Waals surface area contributed by atoms with Crippen LogP contribution in [0.2, 0.25) is 0 Å². The highest BCUT2D eigenvalue weighted by atomic mass is 79.9. The third-order valence-electron chi connectivity index (χ3n) is 3.99. The van der Waals surface area contributed by atoms with E-state index in [9.17, 15) is 19.5 Å². The van der Waals surface area contributed by atoms with Gasteiger partial charge in [0.05, 0.1) is 25.8 Å². The fourth-order valence-electron chi connectivity index (χ4n) is 2.69. The first-order valence-electron chi connectivity index (χ1n) is 8.24. The van der Waals surface area contributed by atoms with Crippen molar-refractivity contribution in [2.45, 2.75) is 26.4 Å². The number of rotatable bonds is 7. The molecule has 27 heavy (non-hydrogen) atoms. The number of hydrogen-bond acceptors (Lipinski definition) is 6. The minimum absolute atomic E-state index is 0.0640. The van der Waals surface area contributed by atoms with Crippen LogP contribution in [0.25, 0.3) is 0 Å². The number of H-pyrrole nitrogens is 1. The summed E-state index contributed by atoms with van der Waals surface area (Å²) >= 11 is 3.32. The summed E-state index contributed by atoms with van der Waals surface area (Å²) in [4.78, 5) is 39.6. The second kappa shape index (κ2) is 8.96. The van der Waals surface area contributed by atoms with Crippen molar-refractivity contribution in [1.29, 1.82) is 0 Å². The lowest BCUT2D eigenvalue weighted by atomic mass is 9.96. The summed E-state index contributed by atoms with van der Waals surface area (Å²) in [6.07, 6.45) is -1.71. The number of aliphatic hydroxyl groups excluding tert-OH is 1. The standard InChI is InChI=1S/C19H20BrNO6/c1-4-27-19(25)16-10(2)15(17(21-16)13(22)9-14(23)26-3)18(24)11-6-5-7-12(20)8-11/h5-8,13,21-22H,4,9H2,1-3H3. The Kier molecular flexibility index (Phi) is 6.92. The molecule has 1 aromatic heterocycles. The van der Waals surface area contributed by atoms with E-state index in [1.54, 1.807) is 38.1 Å². The number of aliphatic hydroxyl groups is 1. The van der Waals surface area contributed by atoms with Gasteiger partial charge in [-0.15, -0.1) is 0 Å². The Morgan fingerprint density at radius 3 is 2.59 bits per heavy atom. The van der Waals surface area contributed by atoms with Crippen molar-refractivity contribution < 1.29 is 29.0 Å².